The van der Waals surface area contributed by atoms with Crippen molar-refractivity contribution in [1.82, 2.24) is 15.3 Å². The monoisotopic (exact) mass is 460 g/mol. The van der Waals surface area contributed by atoms with Crippen LogP contribution in [0.3, 0.4) is 0 Å². The molecule has 0 atom stereocenters. The third kappa shape index (κ3) is 3.88. The van der Waals surface area contributed by atoms with Gasteiger partial charge in [0.1, 0.15) is 11.5 Å². The highest BCUT2D eigenvalue weighted by Gasteiger charge is 2.29. The van der Waals surface area contributed by atoms with Gasteiger partial charge in [0.05, 0.1) is 35.9 Å². The van der Waals surface area contributed by atoms with E-state index in [4.69, 9.17) is 9.47 Å². The molecule has 1 aliphatic rings. The summed E-state index contributed by atoms with van der Waals surface area (Å²) >= 11 is 0. The largest absolute Gasteiger partial charge is 0.508 e. The van der Waals surface area contributed by atoms with Gasteiger partial charge >= 0.3 is 0 Å². The number of hydrogen-bond donors (Lipinski definition) is 4. The van der Waals surface area contributed by atoms with E-state index >= 15 is 0 Å². The first-order chi connectivity index (χ1) is 16.5. The Kier molecular flexibility index (Phi) is 5.51. The van der Waals surface area contributed by atoms with Crippen molar-refractivity contribution in [2.75, 3.05) is 19.0 Å². The number of rotatable bonds is 6. The number of nitrogens with one attached hydrogen (secondary N) is 3. The molecule has 0 aliphatic carbocycles. The van der Waals surface area contributed by atoms with Crippen molar-refractivity contribution in [2.24, 2.45) is 0 Å². The molecule has 172 valence electrons. The molecule has 0 unspecified atom stereocenters. The maximum atomic E-state index is 14.4. The standard InChI is InChI=1S/C25H21FN4O4/c1-33-24-17(26)6-3-7-19(24)30-23-21-18(9-11-28-25(21)32)29-22(23)16-8-10-27-13-20(16)34-15-5-2-4-14(31)12-15/h2-8,10,12-13,29-31H,9,11H2,1H3,(H,28,32). The lowest BCUT2D eigenvalue weighted by Crippen LogP contribution is -2.31. The van der Waals surface area contributed by atoms with E-state index in [0.29, 0.717) is 52.7 Å². The van der Waals surface area contributed by atoms with Crippen LogP contribution in [0.25, 0.3) is 11.3 Å². The average molecular weight is 460 g/mol. The third-order valence-electron chi connectivity index (χ3n) is 5.50. The molecule has 5 rings (SSSR count). The number of anilines is 2. The van der Waals surface area contributed by atoms with Gasteiger partial charge in [0.2, 0.25) is 0 Å². The van der Waals surface area contributed by atoms with Crippen LogP contribution in [0.5, 0.6) is 23.0 Å². The van der Waals surface area contributed by atoms with Crippen molar-refractivity contribution in [2.45, 2.75) is 6.42 Å². The molecule has 2 aromatic carbocycles. The molecule has 0 saturated heterocycles. The number of halogens is 1. The molecule has 1 amide bonds. The van der Waals surface area contributed by atoms with E-state index in [-0.39, 0.29) is 17.4 Å². The zero-order chi connectivity index (χ0) is 23.7. The Balaban J connectivity index is 1.65. The summed E-state index contributed by atoms with van der Waals surface area (Å²) in [6, 6.07) is 12.7. The van der Waals surface area contributed by atoms with Crippen molar-refractivity contribution < 1.29 is 23.8 Å². The SMILES string of the molecule is COc1c(F)cccc1Nc1c(-c2ccncc2Oc2cccc(O)c2)[nH]c2c1C(=O)NCC2. The number of carbonyl (C=O) groups is 1. The lowest BCUT2D eigenvalue weighted by atomic mass is 10.0. The van der Waals surface area contributed by atoms with Crippen LogP contribution in [0.15, 0.2) is 60.9 Å². The molecular formula is C25H21FN4O4. The number of H-pyrrole nitrogens is 1. The molecule has 2 aromatic heterocycles. The highest BCUT2D eigenvalue weighted by molar-refractivity contribution is 6.06. The Morgan fingerprint density at radius 3 is 2.85 bits per heavy atom. The lowest BCUT2D eigenvalue weighted by molar-refractivity contribution is 0.0947. The first kappa shape index (κ1) is 21.3. The summed E-state index contributed by atoms with van der Waals surface area (Å²) in [5.41, 5.74) is 3.21. The fourth-order valence-corrected chi connectivity index (χ4v) is 4.00. The van der Waals surface area contributed by atoms with Crippen LogP contribution in [0.1, 0.15) is 16.1 Å². The zero-order valence-corrected chi connectivity index (χ0v) is 18.2. The number of phenolic OH excluding ortho intramolecular Hbond substituents is 1. The minimum atomic E-state index is -0.528. The fraction of sp³-hybridized carbons (Fsp3) is 0.120. The fourth-order valence-electron chi connectivity index (χ4n) is 4.00. The second kappa shape index (κ2) is 8.78. The maximum absolute atomic E-state index is 14.4. The number of fused-ring (bicyclic) bond motifs is 1. The van der Waals surface area contributed by atoms with Gasteiger partial charge in [-0.05, 0) is 30.3 Å². The van der Waals surface area contributed by atoms with Gasteiger partial charge < -0.3 is 30.2 Å². The van der Waals surface area contributed by atoms with E-state index in [1.807, 2.05) is 0 Å². The van der Waals surface area contributed by atoms with E-state index in [1.165, 1.54) is 19.2 Å². The number of benzene rings is 2. The summed E-state index contributed by atoms with van der Waals surface area (Å²) in [7, 11) is 1.38. The van der Waals surface area contributed by atoms with Crippen LogP contribution in [0.2, 0.25) is 0 Å². The van der Waals surface area contributed by atoms with Gasteiger partial charge in [-0.25, -0.2) is 4.39 Å². The summed E-state index contributed by atoms with van der Waals surface area (Å²) in [5, 5.41) is 15.8. The Bertz CT molecular complexity index is 1390. The highest BCUT2D eigenvalue weighted by Crippen LogP contribution is 2.42. The normalized spacial score (nSPS) is 12.6. The van der Waals surface area contributed by atoms with E-state index in [9.17, 15) is 14.3 Å². The van der Waals surface area contributed by atoms with E-state index in [0.717, 1.165) is 5.69 Å². The Hall–Kier alpha value is -4.53. The number of phenols is 1. The van der Waals surface area contributed by atoms with Crippen LogP contribution in [-0.4, -0.2) is 34.6 Å². The van der Waals surface area contributed by atoms with Gasteiger partial charge in [-0.2, -0.15) is 0 Å². The first-order valence-corrected chi connectivity index (χ1v) is 10.6. The van der Waals surface area contributed by atoms with Gasteiger partial charge in [0, 0.05) is 36.5 Å². The molecule has 0 radical (unpaired) electrons. The topological polar surface area (TPSA) is 108 Å². The van der Waals surface area contributed by atoms with Crippen molar-refractivity contribution in [3.8, 4) is 34.3 Å². The molecule has 34 heavy (non-hydrogen) atoms. The number of aromatic hydroxyl groups is 1. The van der Waals surface area contributed by atoms with E-state index in [2.05, 4.69) is 20.6 Å². The number of nitrogens with zero attached hydrogens (tertiary/aromatic N) is 1. The summed E-state index contributed by atoms with van der Waals surface area (Å²) in [6.07, 6.45) is 3.76. The predicted molar refractivity (Wildman–Crippen MR) is 124 cm³/mol. The summed E-state index contributed by atoms with van der Waals surface area (Å²) in [6.45, 7) is 0.498. The van der Waals surface area contributed by atoms with Crippen LogP contribution < -0.4 is 20.1 Å². The van der Waals surface area contributed by atoms with Gasteiger partial charge in [-0.1, -0.05) is 12.1 Å². The zero-order valence-electron chi connectivity index (χ0n) is 18.2. The van der Waals surface area contributed by atoms with Crippen LogP contribution >= 0.6 is 0 Å². The lowest BCUT2D eigenvalue weighted by Gasteiger charge is -2.17. The Morgan fingerprint density at radius 2 is 2.03 bits per heavy atom. The van der Waals surface area contributed by atoms with Gasteiger partial charge in [0.15, 0.2) is 17.3 Å². The van der Waals surface area contributed by atoms with Gasteiger partial charge in [-0.15, -0.1) is 0 Å². The second-order valence-electron chi connectivity index (χ2n) is 7.65. The minimum Gasteiger partial charge on any atom is -0.508 e. The van der Waals surface area contributed by atoms with Gasteiger partial charge in [0.25, 0.3) is 5.91 Å². The number of hydrogen-bond acceptors (Lipinski definition) is 6. The molecule has 0 saturated carbocycles. The van der Waals surface area contributed by atoms with Crippen LogP contribution in [0.4, 0.5) is 15.8 Å². The number of pyridine rings is 1. The van der Waals surface area contributed by atoms with Gasteiger partial charge in [-0.3, -0.25) is 9.78 Å². The van der Waals surface area contributed by atoms with Crippen LogP contribution in [-0.2, 0) is 6.42 Å². The van der Waals surface area contributed by atoms with Crippen LogP contribution in [0, 0.1) is 5.82 Å². The summed E-state index contributed by atoms with van der Waals surface area (Å²) < 4.78 is 25.6. The minimum absolute atomic E-state index is 0.0329. The van der Waals surface area contributed by atoms with Crippen molar-refractivity contribution in [1.29, 1.82) is 0 Å². The number of para-hydroxylation sites is 1. The van der Waals surface area contributed by atoms with E-state index in [1.54, 1.807) is 48.8 Å². The number of methoxy groups -OCH3 is 1. The molecule has 9 heteroatoms. The Labute approximate surface area is 194 Å². The average Bonchev–Trinajstić information content (AvgIpc) is 3.19. The molecule has 4 N–H and O–H groups in total. The van der Waals surface area contributed by atoms with Crippen molar-refractivity contribution in [3.05, 3.63) is 78.0 Å². The molecule has 1 aliphatic heterocycles. The maximum Gasteiger partial charge on any atom is 0.255 e. The quantitative estimate of drug-likeness (QED) is 0.331. The van der Waals surface area contributed by atoms with E-state index < -0.39 is 5.82 Å². The molecule has 3 heterocycles. The first-order valence-electron chi connectivity index (χ1n) is 10.6. The summed E-state index contributed by atoms with van der Waals surface area (Å²) in [4.78, 5) is 20.3. The number of carbonyl (C=O) groups excluding carboxylic acids is 1. The molecule has 0 spiro atoms. The molecule has 8 nitrogen and oxygen atoms in total. The number of amides is 1. The molecule has 0 bridgehead atoms. The summed E-state index contributed by atoms with van der Waals surface area (Å²) in [5.74, 6) is 0.151. The van der Waals surface area contributed by atoms with Crippen molar-refractivity contribution in [3.63, 3.8) is 0 Å². The second-order valence-corrected chi connectivity index (χ2v) is 7.65. The Morgan fingerprint density at radius 1 is 1.18 bits per heavy atom. The molecular weight excluding hydrogens is 439 g/mol. The number of aromatic amines is 1. The molecule has 4 aromatic rings. The van der Waals surface area contributed by atoms with Crippen molar-refractivity contribution >= 4 is 17.3 Å². The smallest absolute Gasteiger partial charge is 0.255 e. The third-order valence-corrected chi connectivity index (χ3v) is 5.50. The number of aromatic nitrogens is 2. The highest BCUT2D eigenvalue weighted by atomic mass is 19.1. The number of ether oxygens (including phenoxy) is 2. The molecule has 0 fully saturated rings. The predicted octanol–water partition coefficient (Wildman–Crippen LogP) is 4.75.